The van der Waals surface area contributed by atoms with Crippen molar-refractivity contribution in [1.82, 2.24) is 0 Å². The molecule has 0 spiro atoms. The van der Waals surface area contributed by atoms with Crippen LogP contribution in [0.5, 0.6) is 0 Å². The maximum absolute atomic E-state index is 11.8. The van der Waals surface area contributed by atoms with Crippen LogP contribution < -0.4 is 0 Å². The van der Waals surface area contributed by atoms with E-state index >= 15 is 0 Å². The second-order valence-electron chi connectivity index (χ2n) is 5.99. The van der Waals surface area contributed by atoms with E-state index in [1.165, 1.54) is 37.7 Å². The number of ether oxygens (including phenoxy) is 1. The van der Waals surface area contributed by atoms with Gasteiger partial charge in [0.25, 0.3) is 0 Å². The molecule has 0 N–H and O–H groups in total. The summed E-state index contributed by atoms with van der Waals surface area (Å²) in [5, 5.41) is 0. The summed E-state index contributed by atoms with van der Waals surface area (Å²) in [7, 11) is 0. The summed E-state index contributed by atoms with van der Waals surface area (Å²) in [6.07, 6.45) is 7.60. The Balaban J connectivity index is 1.91. The summed E-state index contributed by atoms with van der Waals surface area (Å²) >= 11 is 0. The number of carbonyl (C=O) groups is 1. The Kier molecular flexibility index (Phi) is 5.63. The molecule has 1 fully saturated rings. The maximum atomic E-state index is 11.8. The number of hydrogen-bond donors (Lipinski definition) is 0. The van der Waals surface area contributed by atoms with Crippen LogP contribution in [0.25, 0.3) is 0 Å². The molecule has 1 saturated carbocycles. The van der Waals surface area contributed by atoms with E-state index in [1.807, 2.05) is 13.8 Å². The number of rotatable bonds is 6. The Morgan fingerprint density at radius 2 is 1.90 bits per heavy atom. The molecular weight excluding hydrogens is 248 g/mol. The molecule has 110 valence electrons. The fourth-order valence-electron chi connectivity index (χ4n) is 2.95. The first kappa shape index (κ1) is 15.1. The summed E-state index contributed by atoms with van der Waals surface area (Å²) in [5.41, 5.74) is 2.45. The van der Waals surface area contributed by atoms with E-state index in [9.17, 15) is 4.79 Å². The average molecular weight is 274 g/mol. The predicted octanol–water partition coefficient (Wildman–Crippen LogP) is 4.48. The molecule has 2 rings (SSSR count). The van der Waals surface area contributed by atoms with Crippen LogP contribution in [0, 0.1) is 5.92 Å². The molecule has 1 aromatic rings. The summed E-state index contributed by atoms with van der Waals surface area (Å²) in [5.74, 6) is 0.588. The second-order valence-corrected chi connectivity index (χ2v) is 5.99. The monoisotopic (exact) mass is 274 g/mol. The minimum absolute atomic E-state index is 0.115. The maximum Gasteiger partial charge on any atom is 0.313 e. The van der Waals surface area contributed by atoms with Gasteiger partial charge in [0.2, 0.25) is 0 Å². The molecule has 1 aromatic carbocycles. The molecule has 0 saturated heterocycles. The smallest absolute Gasteiger partial charge is 0.313 e. The third kappa shape index (κ3) is 4.09. The summed E-state index contributed by atoms with van der Waals surface area (Å²) in [6.45, 7) is 4.45. The number of benzene rings is 1. The molecule has 2 heteroatoms. The predicted molar refractivity (Wildman–Crippen MR) is 81.8 cm³/mol. The van der Waals surface area contributed by atoms with E-state index in [1.54, 1.807) is 0 Å². The Morgan fingerprint density at radius 3 is 2.50 bits per heavy atom. The van der Waals surface area contributed by atoms with Crippen molar-refractivity contribution in [2.45, 2.75) is 58.3 Å². The lowest BCUT2D eigenvalue weighted by Gasteiger charge is -2.13. The van der Waals surface area contributed by atoms with Gasteiger partial charge in [0.05, 0.1) is 12.5 Å². The SMILES string of the molecule is CCCOC(=O)C(C)c1ccc(CC2CCCC2)cc1. The van der Waals surface area contributed by atoms with Crippen molar-refractivity contribution in [3.63, 3.8) is 0 Å². The van der Waals surface area contributed by atoms with Crippen LogP contribution in [0.1, 0.15) is 63.0 Å². The number of esters is 1. The van der Waals surface area contributed by atoms with Crippen LogP contribution in [-0.4, -0.2) is 12.6 Å². The van der Waals surface area contributed by atoms with Crippen LogP contribution in [0.3, 0.4) is 0 Å². The molecule has 0 bridgehead atoms. The van der Waals surface area contributed by atoms with E-state index in [4.69, 9.17) is 4.74 Å². The van der Waals surface area contributed by atoms with E-state index in [-0.39, 0.29) is 11.9 Å². The second kappa shape index (κ2) is 7.47. The van der Waals surface area contributed by atoms with Gasteiger partial charge in [-0.2, -0.15) is 0 Å². The molecule has 0 aromatic heterocycles. The third-order valence-corrected chi connectivity index (χ3v) is 4.28. The third-order valence-electron chi connectivity index (χ3n) is 4.28. The highest BCUT2D eigenvalue weighted by Gasteiger charge is 2.18. The van der Waals surface area contributed by atoms with Gasteiger partial charge in [-0.1, -0.05) is 56.9 Å². The van der Waals surface area contributed by atoms with Crippen molar-refractivity contribution in [1.29, 1.82) is 0 Å². The Bertz CT molecular complexity index is 416. The molecule has 1 aliphatic rings. The molecular formula is C18H26O2. The van der Waals surface area contributed by atoms with Gasteiger partial charge in [-0.05, 0) is 36.8 Å². The van der Waals surface area contributed by atoms with Gasteiger partial charge >= 0.3 is 5.97 Å². The minimum Gasteiger partial charge on any atom is -0.465 e. The minimum atomic E-state index is -0.165. The number of hydrogen-bond acceptors (Lipinski definition) is 2. The highest BCUT2D eigenvalue weighted by Crippen LogP contribution is 2.28. The quantitative estimate of drug-likeness (QED) is 0.715. The molecule has 0 heterocycles. The largest absolute Gasteiger partial charge is 0.465 e. The van der Waals surface area contributed by atoms with Crippen molar-refractivity contribution < 1.29 is 9.53 Å². The van der Waals surface area contributed by atoms with Crippen molar-refractivity contribution in [2.75, 3.05) is 6.61 Å². The Hall–Kier alpha value is -1.31. The van der Waals surface area contributed by atoms with Gasteiger partial charge in [0, 0.05) is 0 Å². The molecule has 20 heavy (non-hydrogen) atoms. The zero-order chi connectivity index (χ0) is 14.4. The van der Waals surface area contributed by atoms with E-state index in [0.29, 0.717) is 6.61 Å². The zero-order valence-corrected chi connectivity index (χ0v) is 12.7. The molecule has 1 aliphatic carbocycles. The van der Waals surface area contributed by atoms with Gasteiger partial charge in [-0.3, -0.25) is 4.79 Å². The first-order valence-electron chi connectivity index (χ1n) is 7.96. The van der Waals surface area contributed by atoms with Crippen LogP contribution in [-0.2, 0) is 16.0 Å². The molecule has 0 amide bonds. The van der Waals surface area contributed by atoms with Gasteiger partial charge in [0.1, 0.15) is 0 Å². The Labute approximate surface area is 122 Å². The van der Waals surface area contributed by atoms with E-state index in [0.717, 1.165) is 17.9 Å². The lowest BCUT2D eigenvalue weighted by molar-refractivity contribution is -0.145. The summed E-state index contributed by atoms with van der Waals surface area (Å²) in [6, 6.07) is 8.53. The fraction of sp³-hybridized carbons (Fsp3) is 0.611. The number of carbonyl (C=O) groups excluding carboxylic acids is 1. The normalized spacial score (nSPS) is 17.1. The van der Waals surface area contributed by atoms with Gasteiger partial charge < -0.3 is 4.74 Å². The molecule has 2 nitrogen and oxygen atoms in total. The van der Waals surface area contributed by atoms with Crippen LogP contribution in [0.4, 0.5) is 0 Å². The zero-order valence-electron chi connectivity index (χ0n) is 12.7. The summed E-state index contributed by atoms with van der Waals surface area (Å²) < 4.78 is 5.21. The molecule has 1 unspecified atom stereocenters. The molecule has 1 atom stereocenters. The van der Waals surface area contributed by atoms with Crippen LogP contribution >= 0.6 is 0 Å². The van der Waals surface area contributed by atoms with Crippen molar-refractivity contribution in [3.8, 4) is 0 Å². The van der Waals surface area contributed by atoms with Crippen LogP contribution in [0.2, 0.25) is 0 Å². The van der Waals surface area contributed by atoms with Crippen molar-refractivity contribution >= 4 is 5.97 Å². The van der Waals surface area contributed by atoms with E-state index in [2.05, 4.69) is 24.3 Å². The molecule has 0 radical (unpaired) electrons. The Morgan fingerprint density at radius 1 is 1.25 bits per heavy atom. The fourth-order valence-corrected chi connectivity index (χ4v) is 2.95. The van der Waals surface area contributed by atoms with E-state index < -0.39 is 0 Å². The van der Waals surface area contributed by atoms with Gasteiger partial charge in [-0.15, -0.1) is 0 Å². The summed E-state index contributed by atoms with van der Waals surface area (Å²) in [4.78, 5) is 11.8. The lowest BCUT2D eigenvalue weighted by Crippen LogP contribution is -2.13. The highest BCUT2D eigenvalue weighted by molar-refractivity contribution is 5.77. The first-order chi connectivity index (χ1) is 9.70. The lowest BCUT2D eigenvalue weighted by atomic mass is 9.95. The van der Waals surface area contributed by atoms with Crippen LogP contribution in [0.15, 0.2) is 24.3 Å². The highest BCUT2D eigenvalue weighted by atomic mass is 16.5. The van der Waals surface area contributed by atoms with Gasteiger partial charge in [-0.25, -0.2) is 0 Å². The van der Waals surface area contributed by atoms with Gasteiger partial charge in [0.15, 0.2) is 0 Å². The van der Waals surface area contributed by atoms with Crippen molar-refractivity contribution in [3.05, 3.63) is 35.4 Å². The topological polar surface area (TPSA) is 26.3 Å². The standard InChI is InChI=1S/C18H26O2/c1-3-12-20-18(19)14(2)17-10-8-16(9-11-17)13-15-6-4-5-7-15/h8-11,14-15H,3-7,12-13H2,1-2H3. The average Bonchev–Trinajstić information content (AvgIpc) is 2.97. The first-order valence-corrected chi connectivity index (χ1v) is 7.96. The molecule has 0 aliphatic heterocycles. The van der Waals surface area contributed by atoms with Crippen molar-refractivity contribution in [2.24, 2.45) is 5.92 Å².